The lowest BCUT2D eigenvalue weighted by molar-refractivity contribution is -0.385. The molecule has 0 aromatic heterocycles. The van der Waals surface area contributed by atoms with Crippen molar-refractivity contribution in [3.63, 3.8) is 0 Å². The molecule has 2 rings (SSSR count). The van der Waals surface area contributed by atoms with Gasteiger partial charge in [0.2, 0.25) is 0 Å². The fourth-order valence-electron chi connectivity index (χ4n) is 2.11. The smallest absolute Gasteiger partial charge is 0.274 e. The number of nitrogens with zero attached hydrogens (tertiary/aromatic N) is 1. The third-order valence-electron chi connectivity index (χ3n) is 3.27. The minimum absolute atomic E-state index is 0.0346. The summed E-state index contributed by atoms with van der Waals surface area (Å²) in [5.41, 5.74) is 1.70. The second-order valence-corrected chi connectivity index (χ2v) is 4.87. The van der Waals surface area contributed by atoms with Crippen LogP contribution in [0.15, 0.2) is 36.4 Å². The van der Waals surface area contributed by atoms with Crippen molar-refractivity contribution in [2.45, 2.75) is 19.9 Å². The number of hydrogen-bond acceptors (Lipinski definition) is 5. The van der Waals surface area contributed by atoms with E-state index >= 15 is 0 Å². The first kappa shape index (κ1) is 14.6. The number of aromatic hydroxyl groups is 2. The summed E-state index contributed by atoms with van der Waals surface area (Å²) < 4.78 is 0. The van der Waals surface area contributed by atoms with E-state index in [0.29, 0.717) is 16.8 Å². The molecule has 0 fully saturated rings. The summed E-state index contributed by atoms with van der Waals surface area (Å²) in [6, 6.07) is 8.78. The molecule has 0 saturated heterocycles. The van der Waals surface area contributed by atoms with E-state index in [1.807, 2.05) is 0 Å². The van der Waals surface area contributed by atoms with Crippen LogP contribution in [0.3, 0.4) is 0 Å². The highest BCUT2D eigenvalue weighted by molar-refractivity contribution is 5.56. The van der Waals surface area contributed by atoms with Gasteiger partial charge in [0, 0.05) is 22.9 Å². The molecule has 0 aliphatic carbocycles. The monoisotopic (exact) mass is 288 g/mol. The normalized spacial score (nSPS) is 11.9. The number of benzene rings is 2. The maximum Gasteiger partial charge on any atom is 0.274 e. The molecule has 6 heteroatoms. The highest BCUT2D eigenvalue weighted by Crippen LogP contribution is 2.31. The number of phenols is 2. The molecule has 21 heavy (non-hydrogen) atoms. The van der Waals surface area contributed by atoms with Crippen molar-refractivity contribution >= 4 is 11.4 Å². The highest BCUT2D eigenvalue weighted by atomic mass is 16.6. The Balaban J connectivity index is 2.27. The van der Waals surface area contributed by atoms with Crippen LogP contribution in [0.25, 0.3) is 0 Å². The molecule has 0 radical (unpaired) electrons. The molecule has 1 unspecified atom stereocenters. The lowest BCUT2D eigenvalue weighted by Gasteiger charge is -2.17. The molecule has 3 N–H and O–H groups in total. The molecule has 0 saturated carbocycles. The number of nitro groups is 1. The van der Waals surface area contributed by atoms with Gasteiger partial charge in [-0.3, -0.25) is 10.1 Å². The lowest BCUT2D eigenvalue weighted by Crippen LogP contribution is -2.07. The number of hydrogen-bond donors (Lipinski definition) is 3. The van der Waals surface area contributed by atoms with Crippen molar-refractivity contribution in [2.24, 2.45) is 0 Å². The second-order valence-electron chi connectivity index (χ2n) is 4.87. The summed E-state index contributed by atoms with van der Waals surface area (Å²) in [6.07, 6.45) is 0. The van der Waals surface area contributed by atoms with Gasteiger partial charge in [-0.25, -0.2) is 0 Å². The molecule has 0 heterocycles. The Morgan fingerprint density at radius 3 is 2.57 bits per heavy atom. The van der Waals surface area contributed by atoms with Crippen LogP contribution >= 0.6 is 0 Å². The van der Waals surface area contributed by atoms with E-state index in [2.05, 4.69) is 5.32 Å². The van der Waals surface area contributed by atoms with E-state index in [1.54, 1.807) is 26.0 Å². The SMILES string of the molecule is Cc1ccc(NC(C)c2cc(O)ccc2O)cc1[N+](=O)[O-]. The molecule has 0 spiro atoms. The highest BCUT2D eigenvalue weighted by Gasteiger charge is 2.15. The molecule has 6 nitrogen and oxygen atoms in total. The van der Waals surface area contributed by atoms with Crippen molar-refractivity contribution in [1.82, 2.24) is 0 Å². The maximum atomic E-state index is 10.9. The summed E-state index contributed by atoms with van der Waals surface area (Å²) in [5.74, 6) is 0.0979. The first-order chi connectivity index (χ1) is 9.88. The van der Waals surface area contributed by atoms with Gasteiger partial charge in [0.05, 0.1) is 11.0 Å². The lowest BCUT2D eigenvalue weighted by atomic mass is 10.1. The molecule has 0 amide bonds. The Bertz CT molecular complexity index is 685. The summed E-state index contributed by atoms with van der Waals surface area (Å²) in [4.78, 5) is 10.5. The number of nitro benzene ring substituents is 1. The average Bonchev–Trinajstić information content (AvgIpc) is 2.43. The minimum atomic E-state index is -0.434. The summed E-state index contributed by atoms with van der Waals surface area (Å²) in [5, 5.41) is 33.3. The van der Waals surface area contributed by atoms with Crippen LogP contribution in [-0.2, 0) is 0 Å². The number of aryl methyl sites for hydroxylation is 1. The van der Waals surface area contributed by atoms with Gasteiger partial charge < -0.3 is 15.5 Å². The standard InChI is InChI=1S/C15H16N2O4/c1-9-3-4-11(7-14(9)17(20)21)16-10(2)13-8-12(18)5-6-15(13)19/h3-8,10,16,18-19H,1-2H3. The molecule has 110 valence electrons. The Morgan fingerprint density at radius 2 is 1.90 bits per heavy atom. The van der Waals surface area contributed by atoms with Gasteiger partial charge in [-0.05, 0) is 38.1 Å². The van der Waals surface area contributed by atoms with Gasteiger partial charge >= 0.3 is 0 Å². The van der Waals surface area contributed by atoms with Crippen LogP contribution in [0.5, 0.6) is 11.5 Å². The number of nitrogens with one attached hydrogen (secondary N) is 1. The van der Waals surface area contributed by atoms with Gasteiger partial charge in [0.1, 0.15) is 11.5 Å². The first-order valence-electron chi connectivity index (χ1n) is 6.42. The molecular formula is C15H16N2O4. The number of phenolic OH excluding ortho intramolecular Hbond substituents is 2. The van der Waals surface area contributed by atoms with E-state index < -0.39 is 4.92 Å². The van der Waals surface area contributed by atoms with Crippen LogP contribution in [0.1, 0.15) is 24.1 Å². The van der Waals surface area contributed by atoms with E-state index in [9.17, 15) is 20.3 Å². The summed E-state index contributed by atoms with van der Waals surface area (Å²) in [7, 11) is 0. The Morgan fingerprint density at radius 1 is 1.19 bits per heavy atom. The average molecular weight is 288 g/mol. The van der Waals surface area contributed by atoms with Crippen molar-refractivity contribution in [3.05, 3.63) is 57.6 Å². The number of anilines is 1. The quantitative estimate of drug-likeness (QED) is 0.454. The van der Waals surface area contributed by atoms with Crippen molar-refractivity contribution in [3.8, 4) is 11.5 Å². The van der Waals surface area contributed by atoms with E-state index in [-0.39, 0.29) is 23.2 Å². The number of rotatable bonds is 4. The van der Waals surface area contributed by atoms with Crippen LogP contribution < -0.4 is 5.32 Å². The second kappa shape index (κ2) is 5.70. The molecule has 1 atom stereocenters. The molecule has 2 aromatic rings. The zero-order valence-electron chi connectivity index (χ0n) is 11.7. The molecule has 0 bridgehead atoms. The largest absolute Gasteiger partial charge is 0.508 e. The molecular weight excluding hydrogens is 272 g/mol. The van der Waals surface area contributed by atoms with Gasteiger partial charge in [0.25, 0.3) is 5.69 Å². The zero-order valence-corrected chi connectivity index (χ0v) is 11.7. The Hall–Kier alpha value is -2.76. The fraction of sp³-hybridized carbons (Fsp3) is 0.200. The van der Waals surface area contributed by atoms with Gasteiger partial charge in [-0.2, -0.15) is 0 Å². The van der Waals surface area contributed by atoms with Crippen molar-refractivity contribution in [1.29, 1.82) is 0 Å². The van der Waals surface area contributed by atoms with E-state index in [4.69, 9.17) is 0 Å². The van der Waals surface area contributed by atoms with E-state index in [0.717, 1.165) is 0 Å². The van der Waals surface area contributed by atoms with Gasteiger partial charge in [-0.1, -0.05) is 6.07 Å². The molecule has 2 aromatic carbocycles. The maximum absolute atomic E-state index is 10.9. The first-order valence-corrected chi connectivity index (χ1v) is 6.42. The van der Waals surface area contributed by atoms with Crippen molar-refractivity contribution < 1.29 is 15.1 Å². The van der Waals surface area contributed by atoms with E-state index in [1.165, 1.54) is 24.3 Å². The topological polar surface area (TPSA) is 95.6 Å². The predicted molar refractivity (Wildman–Crippen MR) is 79.6 cm³/mol. The van der Waals surface area contributed by atoms with Crippen LogP contribution in [0, 0.1) is 17.0 Å². The van der Waals surface area contributed by atoms with Gasteiger partial charge in [0.15, 0.2) is 0 Å². The zero-order chi connectivity index (χ0) is 15.6. The summed E-state index contributed by atoms with van der Waals surface area (Å²) >= 11 is 0. The van der Waals surface area contributed by atoms with Gasteiger partial charge in [-0.15, -0.1) is 0 Å². The Kier molecular flexibility index (Phi) is 3.98. The van der Waals surface area contributed by atoms with Crippen LogP contribution in [0.2, 0.25) is 0 Å². The Labute approximate surface area is 121 Å². The van der Waals surface area contributed by atoms with Crippen LogP contribution in [0.4, 0.5) is 11.4 Å². The van der Waals surface area contributed by atoms with Crippen LogP contribution in [-0.4, -0.2) is 15.1 Å². The third-order valence-corrected chi connectivity index (χ3v) is 3.27. The van der Waals surface area contributed by atoms with Crippen molar-refractivity contribution in [2.75, 3.05) is 5.32 Å². The molecule has 0 aliphatic heterocycles. The summed E-state index contributed by atoms with van der Waals surface area (Å²) in [6.45, 7) is 3.46. The predicted octanol–water partition coefficient (Wildman–Crippen LogP) is 3.49. The minimum Gasteiger partial charge on any atom is -0.508 e. The molecule has 0 aliphatic rings. The fourth-order valence-corrected chi connectivity index (χ4v) is 2.11. The third kappa shape index (κ3) is 3.22.